The quantitative estimate of drug-likeness (QED) is 0.584. The summed E-state index contributed by atoms with van der Waals surface area (Å²) >= 11 is 3.20. The highest BCUT2D eigenvalue weighted by Gasteiger charge is 2.26. The first-order chi connectivity index (χ1) is 9.19. The first-order valence-electron chi connectivity index (χ1n) is 5.96. The second-order valence-corrected chi connectivity index (χ2v) is 5.33. The Balaban J connectivity index is 2.54. The molecule has 0 spiro atoms. The average molecular weight is 355 g/mol. The van der Waals surface area contributed by atoms with Crippen molar-refractivity contribution in [2.75, 3.05) is 5.32 Å². The van der Waals surface area contributed by atoms with E-state index in [0.717, 1.165) is 0 Å². The Morgan fingerprint density at radius 3 is 2.60 bits per heavy atom. The van der Waals surface area contributed by atoms with E-state index in [-0.39, 0.29) is 18.2 Å². The van der Waals surface area contributed by atoms with Crippen LogP contribution in [0.5, 0.6) is 0 Å². The second kappa shape index (κ2) is 6.92. The van der Waals surface area contributed by atoms with Gasteiger partial charge in [0.05, 0.1) is 4.92 Å². The lowest BCUT2D eigenvalue weighted by Crippen LogP contribution is -2.17. The highest BCUT2D eigenvalue weighted by Crippen LogP contribution is 2.28. The van der Waals surface area contributed by atoms with E-state index in [1.165, 1.54) is 18.2 Å². The Hall–Kier alpha value is -1.31. The van der Waals surface area contributed by atoms with Gasteiger partial charge in [0.2, 0.25) is 0 Å². The van der Waals surface area contributed by atoms with Crippen molar-refractivity contribution in [1.82, 2.24) is 0 Å². The summed E-state index contributed by atoms with van der Waals surface area (Å²) in [6, 6.07) is 4.07. The smallest absolute Gasteiger partial charge is 0.382 e. The van der Waals surface area contributed by atoms with E-state index < -0.39 is 17.5 Å². The van der Waals surface area contributed by atoms with Crippen LogP contribution in [-0.4, -0.2) is 17.1 Å². The van der Waals surface area contributed by atoms with Crippen molar-refractivity contribution in [3.63, 3.8) is 0 Å². The van der Waals surface area contributed by atoms with Crippen LogP contribution in [-0.2, 0) is 0 Å². The number of non-ortho nitro benzene ring substituents is 1. The zero-order valence-corrected chi connectivity index (χ0v) is 12.3. The lowest BCUT2D eigenvalue weighted by Gasteiger charge is -2.16. The molecule has 1 unspecified atom stereocenters. The van der Waals surface area contributed by atoms with E-state index in [4.69, 9.17) is 0 Å². The van der Waals surface area contributed by atoms with Gasteiger partial charge in [-0.15, -0.1) is 0 Å². The van der Waals surface area contributed by atoms with Crippen molar-refractivity contribution in [3.8, 4) is 0 Å². The minimum Gasteiger partial charge on any atom is -0.382 e. The molecule has 0 heterocycles. The lowest BCUT2D eigenvalue weighted by molar-refractivity contribution is -0.384. The maximum absolute atomic E-state index is 12.0. The molecule has 1 rings (SSSR count). The zero-order valence-electron chi connectivity index (χ0n) is 10.7. The number of hydrogen-bond donors (Lipinski definition) is 1. The number of nitrogens with zero attached hydrogens (tertiary/aromatic N) is 1. The van der Waals surface area contributed by atoms with Gasteiger partial charge in [-0.1, -0.05) is 0 Å². The molecule has 0 saturated heterocycles. The number of anilines is 1. The Morgan fingerprint density at radius 2 is 2.10 bits per heavy atom. The summed E-state index contributed by atoms with van der Waals surface area (Å²) in [7, 11) is 0. The SMILES string of the molecule is CC(CCCC(F)(F)F)Nc1ccc([N+](=O)[O-])cc1Br. The second-order valence-electron chi connectivity index (χ2n) is 4.47. The molecule has 0 aromatic heterocycles. The van der Waals surface area contributed by atoms with Crippen molar-refractivity contribution in [2.24, 2.45) is 0 Å². The zero-order chi connectivity index (χ0) is 15.3. The highest BCUT2D eigenvalue weighted by atomic mass is 79.9. The number of rotatable bonds is 6. The first-order valence-corrected chi connectivity index (χ1v) is 6.75. The number of nitro groups is 1. The number of benzene rings is 1. The van der Waals surface area contributed by atoms with Gasteiger partial charge >= 0.3 is 6.18 Å². The molecular weight excluding hydrogens is 341 g/mol. The molecule has 8 heteroatoms. The summed E-state index contributed by atoms with van der Waals surface area (Å²) in [6.45, 7) is 1.77. The van der Waals surface area contributed by atoms with Gasteiger partial charge in [0.1, 0.15) is 0 Å². The van der Waals surface area contributed by atoms with E-state index >= 15 is 0 Å². The predicted molar refractivity (Wildman–Crippen MR) is 73.8 cm³/mol. The molecule has 0 aliphatic heterocycles. The largest absolute Gasteiger partial charge is 0.389 e. The van der Waals surface area contributed by atoms with Crippen LogP contribution in [0.2, 0.25) is 0 Å². The van der Waals surface area contributed by atoms with Crippen LogP contribution in [0.15, 0.2) is 22.7 Å². The number of halogens is 4. The molecule has 0 aliphatic rings. The molecule has 112 valence electrons. The van der Waals surface area contributed by atoms with E-state index in [1.54, 1.807) is 6.92 Å². The van der Waals surface area contributed by atoms with Crippen LogP contribution < -0.4 is 5.32 Å². The molecule has 0 bridgehead atoms. The van der Waals surface area contributed by atoms with E-state index in [0.29, 0.717) is 16.6 Å². The van der Waals surface area contributed by atoms with Crippen molar-refractivity contribution in [3.05, 3.63) is 32.8 Å². The summed E-state index contributed by atoms with van der Waals surface area (Å²) < 4.78 is 36.6. The van der Waals surface area contributed by atoms with Crippen LogP contribution in [0.4, 0.5) is 24.5 Å². The number of hydrogen-bond acceptors (Lipinski definition) is 3. The molecule has 1 atom stereocenters. The van der Waals surface area contributed by atoms with Gasteiger partial charge in [-0.2, -0.15) is 13.2 Å². The lowest BCUT2D eigenvalue weighted by atomic mass is 10.1. The minimum atomic E-state index is -4.13. The van der Waals surface area contributed by atoms with Gasteiger partial charge < -0.3 is 5.32 Å². The monoisotopic (exact) mass is 354 g/mol. The number of nitrogens with one attached hydrogen (secondary N) is 1. The maximum atomic E-state index is 12.0. The van der Waals surface area contributed by atoms with Crippen molar-refractivity contribution < 1.29 is 18.1 Å². The van der Waals surface area contributed by atoms with Crippen molar-refractivity contribution in [2.45, 2.75) is 38.4 Å². The first kappa shape index (κ1) is 16.7. The minimum absolute atomic E-state index is 0.0439. The van der Waals surface area contributed by atoms with Gasteiger partial charge in [0.15, 0.2) is 0 Å². The van der Waals surface area contributed by atoms with Gasteiger partial charge in [-0.05, 0) is 41.8 Å². The van der Waals surface area contributed by atoms with Crippen LogP contribution in [0.3, 0.4) is 0 Å². The Bertz CT molecular complexity index is 480. The molecule has 1 aromatic carbocycles. The standard InChI is InChI=1S/C12H14BrF3N2O2/c1-8(3-2-6-12(14,15)16)17-11-5-4-9(18(19)20)7-10(11)13/h4-5,7-8,17H,2-3,6H2,1H3. The predicted octanol–water partition coefficient (Wildman–Crippen LogP) is 4.89. The third kappa shape index (κ3) is 5.77. The van der Waals surface area contributed by atoms with Crippen molar-refractivity contribution >= 4 is 27.3 Å². The number of alkyl halides is 3. The molecule has 20 heavy (non-hydrogen) atoms. The molecule has 0 saturated carbocycles. The molecule has 0 radical (unpaired) electrons. The highest BCUT2D eigenvalue weighted by molar-refractivity contribution is 9.10. The van der Waals surface area contributed by atoms with Crippen LogP contribution >= 0.6 is 15.9 Å². The Kier molecular flexibility index (Phi) is 5.79. The summed E-state index contributed by atoms with van der Waals surface area (Å²) in [6.07, 6.45) is -4.53. The third-order valence-corrected chi connectivity index (χ3v) is 3.32. The normalized spacial score (nSPS) is 13.1. The molecular formula is C12H14BrF3N2O2. The summed E-state index contributed by atoms with van der Waals surface area (Å²) in [4.78, 5) is 10.1. The van der Waals surface area contributed by atoms with Gasteiger partial charge in [-0.3, -0.25) is 10.1 Å². The van der Waals surface area contributed by atoms with E-state index in [9.17, 15) is 23.3 Å². The molecule has 4 nitrogen and oxygen atoms in total. The van der Waals surface area contributed by atoms with Gasteiger partial charge in [-0.25, -0.2) is 0 Å². The summed E-state index contributed by atoms with van der Waals surface area (Å²) in [5.74, 6) is 0. The summed E-state index contributed by atoms with van der Waals surface area (Å²) in [5.41, 5.74) is 0.572. The Morgan fingerprint density at radius 1 is 1.45 bits per heavy atom. The topological polar surface area (TPSA) is 55.2 Å². The maximum Gasteiger partial charge on any atom is 0.389 e. The van der Waals surface area contributed by atoms with Crippen LogP contribution in [0.1, 0.15) is 26.2 Å². The molecule has 0 amide bonds. The summed E-state index contributed by atoms with van der Waals surface area (Å²) in [5, 5.41) is 13.6. The Labute approximate surface area is 122 Å². The average Bonchev–Trinajstić information content (AvgIpc) is 2.29. The molecule has 0 aliphatic carbocycles. The van der Waals surface area contributed by atoms with Crippen LogP contribution in [0.25, 0.3) is 0 Å². The fourth-order valence-electron chi connectivity index (χ4n) is 1.68. The van der Waals surface area contributed by atoms with Crippen LogP contribution in [0, 0.1) is 10.1 Å². The molecule has 0 fully saturated rings. The fraction of sp³-hybridized carbons (Fsp3) is 0.500. The van der Waals surface area contributed by atoms with Crippen molar-refractivity contribution in [1.29, 1.82) is 0 Å². The van der Waals surface area contributed by atoms with E-state index in [2.05, 4.69) is 21.2 Å². The van der Waals surface area contributed by atoms with E-state index in [1.807, 2.05) is 0 Å². The van der Waals surface area contributed by atoms with Gasteiger partial charge in [0.25, 0.3) is 5.69 Å². The fourth-order valence-corrected chi connectivity index (χ4v) is 2.16. The third-order valence-electron chi connectivity index (χ3n) is 2.66. The number of nitro benzene ring substituents is 1. The van der Waals surface area contributed by atoms with Gasteiger partial charge in [0, 0.05) is 34.8 Å². The molecule has 1 N–H and O–H groups in total. The molecule has 1 aromatic rings.